The molecule has 12 nitrogen and oxygen atoms in total. The predicted octanol–water partition coefficient (Wildman–Crippen LogP) is 3.49. The maximum atomic E-state index is 12.5. The third-order valence-electron chi connectivity index (χ3n) is 12.6. The molecule has 1 saturated heterocycles. The number of carbonyl (C=O) groups excluding carboxylic acids is 1. The van der Waals surface area contributed by atoms with Crippen LogP contribution in [0.5, 0.6) is 0 Å². The van der Waals surface area contributed by atoms with Crippen molar-refractivity contribution in [1.29, 1.82) is 0 Å². The Kier molecular flexibility index (Phi) is 23.2. The van der Waals surface area contributed by atoms with Crippen molar-refractivity contribution < 1.29 is 58.6 Å². The summed E-state index contributed by atoms with van der Waals surface area (Å²) in [5.74, 6) is 0.642. The van der Waals surface area contributed by atoms with E-state index in [1.807, 2.05) is 25.5 Å². The van der Waals surface area contributed by atoms with Crippen LogP contribution in [0.15, 0.2) is 0 Å². The molecule has 2 aliphatic carbocycles. The second-order valence-electron chi connectivity index (χ2n) is 16.5. The van der Waals surface area contributed by atoms with E-state index in [1.165, 1.54) is 36.2 Å². The Morgan fingerprint density at radius 3 is 1.52 bits per heavy atom. The molecular weight excluding hydrogens is 746 g/mol. The summed E-state index contributed by atoms with van der Waals surface area (Å²) in [6.07, 6.45) is 15.8. The zero-order valence-electron chi connectivity index (χ0n) is 37.5. The monoisotopic (exact) mass is 825 g/mol. The van der Waals surface area contributed by atoms with Crippen LogP contribution in [-0.2, 0) is 61.0 Å². The molecule has 0 unspecified atom stereocenters. The minimum atomic E-state index is -0.269. The standard InChI is InChI=1S/C21H34N2O4.C19H32N2O3.C4H8O.Al.Li.4H/c1-4-25-14-21(15-26-5-2)11-9-16(10-12-21)18-17-8-7-13-23(17)22-19(18)20(24)27-6-3;1-3-23-13-19(14-24-4-2)9-7-15(8-10-19)18-16(12-22)20-21-11-5-6-17(18)21;1-2-4-5-3-1;;;;;;/h16H,4-15H2,1-3H3;15,22H,3-14H2,1-2H3;1-4H2;;;;;;/q;;;;+1;;;;-1. The van der Waals surface area contributed by atoms with Gasteiger partial charge in [0.15, 0.2) is 23.1 Å². The van der Waals surface area contributed by atoms with Crippen molar-refractivity contribution >= 4 is 23.3 Å². The molecule has 5 heterocycles. The first-order valence-electron chi connectivity index (χ1n) is 22.2. The number of ether oxygens (including phenoxy) is 6. The second kappa shape index (κ2) is 26.3. The van der Waals surface area contributed by atoms with Crippen molar-refractivity contribution in [3.05, 3.63) is 33.9 Å². The summed E-state index contributed by atoms with van der Waals surface area (Å²) in [5, 5.41) is 19.0. The number of aromatic nitrogens is 4. The van der Waals surface area contributed by atoms with Gasteiger partial charge in [0.05, 0.1) is 45.3 Å². The Hall–Kier alpha value is -1.22. The molecule has 0 radical (unpaired) electrons. The Morgan fingerprint density at radius 1 is 0.690 bits per heavy atom. The van der Waals surface area contributed by atoms with Gasteiger partial charge < -0.3 is 35.0 Å². The van der Waals surface area contributed by atoms with E-state index >= 15 is 0 Å². The van der Waals surface area contributed by atoms with Gasteiger partial charge in [0.1, 0.15) is 0 Å². The number of aliphatic hydroxyl groups excluding tert-OH is 1. The summed E-state index contributed by atoms with van der Waals surface area (Å²) in [5.41, 5.74) is 6.89. The minimum absolute atomic E-state index is 0. The Bertz CT molecular complexity index is 1450. The van der Waals surface area contributed by atoms with Crippen LogP contribution in [-0.4, -0.2) is 121 Å². The van der Waals surface area contributed by atoms with E-state index in [9.17, 15) is 9.90 Å². The number of hydrogen-bond donors (Lipinski definition) is 1. The van der Waals surface area contributed by atoms with E-state index in [-0.39, 0.29) is 61.1 Å². The summed E-state index contributed by atoms with van der Waals surface area (Å²) in [7, 11) is 0. The molecule has 2 saturated carbocycles. The number of hydrogen-bond acceptors (Lipinski definition) is 10. The van der Waals surface area contributed by atoms with E-state index in [1.54, 1.807) is 0 Å². The van der Waals surface area contributed by atoms with Gasteiger partial charge in [0.2, 0.25) is 0 Å². The molecule has 58 heavy (non-hydrogen) atoms. The largest absolute Gasteiger partial charge is 1.00 e. The number of esters is 1. The number of nitrogens with zero attached hydrogens (tertiary/aromatic N) is 4. The first-order valence-corrected chi connectivity index (χ1v) is 22.2. The normalized spacial score (nSPS) is 19.5. The molecule has 0 aromatic carbocycles. The van der Waals surface area contributed by atoms with Crippen LogP contribution >= 0.6 is 0 Å². The third kappa shape index (κ3) is 13.4. The number of carbonyl (C=O) groups is 1. The van der Waals surface area contributed by atoms with E-state index in [4.69, 9.17) is 28.4 Å². The zero-order chi connectivity index (χ0) is 39.8. The minimum Gasteiger partial charge on any atom is -1.00 e. The topological polar surface area (TPSA) is 128 Å². The summed E-state index contributed by atoms with van der Waals surface area (Å²) in [6.45, 7) is 20.5. The first-order chi connectivity index (χ1) is 27.4. The fourth-order valence-corrected chi connectivity index (χ4v) is 9.62. The number of fused-ring (bicyclic) bond motifs is 2. The van der Waals surface area contributed by atoms with Gasteiger partial charge in [0.25, 0.3) is 0 Å². The fraction of sp³-hybridized carbons (Fsp3) is 0.841. The van der Waals surface area contributed by atoms with E-state index < -0.39 is 0 Å². The van der Waals surface area contributed by atoms with Gasteiger partial charge in [-0.3, -0.25) is 9.36 Å². The second-order valence-corrected chi connectivity index (χ2v) is 16.5. The van der Waals surface area contributed by atoms with Gasteiger partial charge in [-0.05, 0) is 136 Å². The summed E-state index contributed by atoms with van der Waals surface area (Å²) < 4.78 is 37.5. The van der Waals surface area contributed by atoms with Crippen LogP contribution in [0.1, 0.15) is 164 Å². The Balaban J connectivity index is 0.000000348. The molecule has 3 aliphatic heterocycles. The molecule has 0 spiro atoms. The van der Waals surface area contributed by atoms with Crippen molar-refractivity contribution in [2.45, 2.75) is 156 Å². The quantitative estimate of drug-likeness (QED) is 0.187. The van der Waals surface area contributed by atoms with E-state index in [2.05, 4.69) is 28.7 Å². The summed E-state index contributed by atoms with van der Waals surface area (Å²) in [4.78, 5) is 12.5. The number of rotatable bonds is 17. The smallest absolute Gasteiger partial charge is 1.00 e. The van der Waals surface area contributed by atoms with Gasteiger partial charge >= 0.3 is 24.8 Å². The molecule has 2 aromatic heterocycles. The van der Waals surface area contributed by atoms with Crippen LogP contribution in [0.2, 0.25) is 0 Å². The third-order valence-corrected chi connectivity index (χ3v) is 12.6. The molecule has 14 heteroatoms. The molecular formula is C44H78AlLiN4O8. The molecule has 0 atom stereocenters. The molecule has 326 valence electrons. The number of aryl methyl sites for hydroxylation is 2. The van der Waals surface area contributed by atoms with Gasteiger partial charge in [-0.1, -0.05) is 0 Å². The van der Waals surface area contributed by atoms with E-state index in [0.717, 1.165) is 161 Å². The van der Waals surface area contributed by atoms with Crippen molar-refractivity contribution in [1.82, 2.24) is 19.6 Å². The summed E-state index contributed by atoms with van der Waals surface area (Å²) >= 11 is 0. The van der Waals surface area contributed by atoms with Crippen LogP contribution in [0.25, 0.3) is 0 Å². The van der Waals surface area contributed by atoms with Crippen LogP contribution in [0.4, 0.5) is 0 Å². The molecule has 1 N–H and O–H groups in total. The average Bonchev–Trinajstić information content (AvgIpc) is 4.08. The molecule has 2 aromatic rings. The Morgan fingerprint density at radius 2 is 1.12 bits per heavy atom. The molecule has 7 rings (SSSR count). The van der Waals surface area contributed by atoms with Crippen LogP contribution < -0.4 is 18.9 Å². The molecule has 0 bridgehead atoms. The van der Waals surface area contributed by atoms with Gasteiger partial charge in [0, 0.05) is 86.1 Å². The SMILES string of the molecule is C1CCOC1.CCOCC1(COCC)CCC(c2c(C(=O)OCC)nn3c2CCC3)CC1.CCOCC1(COCC)CCC(c2c(CO)nn3c2CCC3)CC1.[AlH3].[H-].[Li+]. The average molecular weight is 825 g/mol. The molecule has 3 fully saturated rings. The fourth-order valence-electron chi connectivity index (χ4n) is 9.62. The van der Waals surface area contributed by atoms with Crippen LogP contribution in [0.3, 0.4) is 0 Å². The first kappa shape index (κ1) is 51.1. The van der Waals surface area contributed by atoms with Gasteiger partial charge in [-0.2, -0.15) is 10.2 Å². The number of aliphatic hydroxyl groups is 1. The Labute approximate surface area is 373 Å². The maximum absolute atomic E-state index is 12.5. The van der Waals surface area contributed by atoms with Crippen molar-refractivity contribution in [3.8, 4) is 0 Å². The zero-order valence-corrected chi connectivity index (χ0v) is 36.5. The predicted molar refractivity (Wildman–Crippen MR) is 227 cm³/mol. The van der Waals surface area contributed by atoms with Gasteiger partial charge in [-0.25, -0.2) is 4.79 Å². The molecule has 5 aliphatic rings. The molecule has 0 amide bonds. The van der Waals surface area contributed by atoms with Crippen molar-refractivity contribution in [2.24, 2.45) is 10.8 Å². The van der Waals surface area contributed by atoms with Crippen LogP contribution in [0, 0.1) is 10.8 Å². The van der Waals surface area contributed by atoms with E-state index in [0.29, 0.717) is 24.1 Å². The maximum Gasteiger partial charge on any atom is 1.00 e. The summed E-state index contributed by atoms with van der Waals surface area (Å²) in [6, 6.07) is 0. The van der Waals surface area contributed by atoms with Crippen molar-refractivity contribution in [2.75, 3.05) is 72.7 Å². The van der Waals surface area contributed by atoms with Gasteiger partial charge in [-0.15, -0.1) is 0 Å². The van der Waals surface area contributed by atoms with Crippen molar-refractivity contribution in [3.63, 3.8) is 0 Å².